The van der Waals surface area contributed by atoms with Crippen LogP contribution in [0.4, 0.5) is 0 Å². The zero-order chi connectivity index (χ0) is 19.4. The molecule has 1 fully saturated rings. The minimum absolute atomic E-state index is 0.00877. The molecule has 0 aromatic carbocycles. The number of carbonyl (C=O) groups is 1. The highest BCUT2D eigenvalue weighted by Crippen LogP contribution is 2.36. The Hall–Kier alpha value is -0.420. The summed E-state index contributed by atoms with van der Waals surface area (Å²) in [5.74, 6) is -3.63. The average Bonchev–Trinajstić information content (AvgIpc) is 2.52. The van der Waals surface area contributed by atoms with Gasteiger partial charge < -0.3 is 35.0 Å². The van der Waals surface area contributed by atoms with E-state index in [9.17, 15) is 25.2 Å². The van der Waals surface area contributed by atoms with Gasteiger partial charge in [-0.3, -0.25) is 0 Å². The van der Waals surface area contributed by atoms with E-state index in [1.54, 1.807) is 18.7 Å². The molecule has 0 aromatic heterocycles. The van der Waals surface area contributed by atoms with Crippen LogP contribution < -0.4 is 0 Å². The van der Waals surface area contributed by atoms with Crippen LogP contribution in [-0.2, 0) is 14.3 Å². The number of carboxylic acid groups (broad SMARTS) is 1. The number of carboxylic acids is 1. The van der Waals surface area contributed by atoms with Crippen LogP contribution in [0, 0.1) is 5.92 Å². The summed E-state index contributed by atoms with van der Waals surface area (Å²) in [5, 5.41) is 48.6. The summed E-state index contributed by atoms with van der Waals surface area (Å²) < 4.78 is 11.0. The first-order chi connectivity index (χ1) is 11.4. The Bertz CT molecular complexity index is 440. The topological polar surface area (TPSA) is 137 Å². The van der Waals surface area contributed by atoms with Gasteiger partial charge in [-0.25, -0.2) is 4.79 Å². The molecule has 1 rings (SSSR count). The zero-order valence-corrected chi connectivity index (χ0v) is 15.9. The summed E-state index contributed by atoms with van der Waals surface area (Å²) in [6.45, 7) is 7.01. The summed E-state index contributed by atoms with van der Waals surface area (Å²) in [4.78, 5) is 11.8. The third-order valence-electron chi connectivity index (χ3n) is 4.13. The fourth-order valence-electron chi connectivity index (χ4n) is 2.61. The Kier molecular flexibility index (Phi) is 8.13. The van der Waals surface area contributed by atoms with Gasteiger partial charge in [0, 0.05) is 22.8 Å². The Balaban J connectivity index is 2.88. The number of ether oxygens (including phenoxy) is 2. The van der Waals surface area contributed by atoms with Crippen molar-refractivity contribution in [1.82, 2.24) is 0 Å². The summed E-state index contributed by atoms with van der Waals surface area (Å²) in [6, 6.07) is 0. The van der Waals surface area contributed by atoms with Crippen molar-refractivity contribution in [3.63, 3.8) is 0 Å². The molecule has 5 N–H and O–H groups in total. The van der Waals surface area contributed by atoms with E-state index in [0.29, 0.717) is 5.75 Å². The predicted molar refractivity (Wildman–Crippen MR) is 92.3 cm³/mol. The molecule has 0 radical (unpaired) electrons. The quantitative estimate of drug-likeness (QED) is 0.362. The third kappa shape index (κ3) is 6.06. The first kappa shape index (κ1) is 22.6. The lowest BCUT2D eigenvalue weighted by Crippen LogP contribution is -2.61. The lowest BCUT2D eigenvalue weighted by atomic mass is 9.84. The van der Waals surface area contributed by atoms with Gasteiger partial charge in [0.05, 0.1) is 25.4 Å². The van der Waals surface area contributed by atoms with E-state index < -0.39 is 48.7 Å². The third-order valence-corrected chi connectivity index (χ3v) is 5.36. The maximum absolute atomic E-state index is 11.8. The number of thioether (sulfide) groups is 1. The second-order valence-corrected chi connectivity index (χ2v) is 9.24. The fourth-order valence-corrected chi connectivity index (χ4v) is 3.39. The van der Waals surface area contributed by atoms with E-state index in [1.165, 1.54) is 0 Å². The van der Waals surface area contributed by atoms with E-state index in [0.717, 1.165) is 0 Å². The highest BCUT2D eigenvalue weighted by Gasteiger charge is 2.54. The van der Waals surface area contributed by atoms with Crippen molar-refractivity contribution < 1.29 is 39.8 Å². The predicted octanol–water partition coefficient (Wildman–Crippen LogP) is -0.184. The summed E-state index contributed by atoms with van der Waals surface area (Å²) in [6.07, 6.45) is -5.66. The van der Waals surface area contributed by atoms with Crippen LogP contribution in [0.5, 0.6) is 0 Å². The standard InChI is InChI=1S/C16H30O8S/c1-9-10(18)7-16(14(21)22,23-5-6-25-15(2,3)4)24-13(9)12(20)11(19)8-17/h9-13,17-20H,5-8H2,1-4H3,(H,21,22)/t9-,10-,11-,12-,13?,16-/m1/s1. The van der Waals surface area contributed by atoms with Gasteiger partial charge in [0.1, 0.15) is 12.2 Å². The van der Waals surface area contributed by atoms with Gasteiger partial charge in [0.25, 0.3) is 5.79 Å². The molecule has 1 unspecified atom stereocenters. The first-order valence-corrected chi connectivity index (χ1v) is 9.26. The van der Waals surface area contributed by atoms with Crippen LogP contribution in [0.1, 0.15) is 34.1 Å². The molecule has 0 spiro atoms. The van der Waals surface area contributed by atoms with Gasteiger partial charge in [-0.05, 0) is 0 Å². The molecule has 0 aliphatic carbocycles. The Morgan fingerprint density at radius 2 is 2.00 bits per heavy atom. The minimum Gasteiger partial charge on any atom is -0.477 e. The molecule has 0 bridgehead atoms. The van der Waals surface area contributed by atoms with Crippen LogP contribution in [0.2, 0.25) is 0 Å². The molecule has 6 atom stereocenters. The van der Waals surface area contributed by atoms with Gasteiger partial charge in [-0.1, -0.05) is 27.7 Å². The highest BCUT2D eigenvalue weighted by molar-refractivity contribution is 8.00. The molecule has 1 saturated heterocycles. The molecule has 0 saturated carbocycles. The number of hydrogen-bond donors (Lipinski definition) is 5. The van der Waals surface area contributed by atoms with E-state index in [4.69, 9.17) is 14.6 Å². The molecule has 8 nitrogen and oxygen atoms in total. The van der Waals surface area contributed by atoms with E-state index in [1.807, 2.05) is 20.8 Å². The Morgan fingerprint density at radius 3 is 2.48 bits per heavy atom. The highest BCUT2D eigenvalue weighted by atomic mass is 32.2. The number of aliphatic carboxylic acids is 1. The van der Waals surface area contributed by atoms with Crippen LogP contribution in [0.15, 0.2) is 0 Å². The van der Waals surface area contributed by atoms with Crippen molar-refractivity contribution in [2.75, 3.05) is 19.0 Å². The van der Waals surface area contributed by atoms with Crippen molar-refractivity contribution in [2.45, 2.75) is 69.1 Å². The minimum atomic E-state index is -2.11. The van der Waals surface area contributed by atoms with Gasteiger partial charge in [-0.15, -0.1) is 0 Å². The normalized spacial score (nSPS) is 33.0. The smallest absolute Gasteiger partial charge is 0.364 e. The Labute approximate surface area is 152 Å². The summed E-state index contributed by atoms with van der Waals surface area (Å²) in [7, 11) is 0. The van der Waals surface area contributed by atoms with Crippen molar-refractivity contribution in [2.24, 2.45) is 5.92 Å². The van der Waals surface area contributed by atoms with Crippen molar-refractivity contribution in [3.05, 3.63) is 0 Å². The van der Waals surface area contributed by atoms with Crippen molar-refractivity contribution in [3.8, 4) is 0 Å². The van der Waals surface area contributed by atoms with Crippen LogP contribution in [0.3, 0.4) is 0 Å². The first-order valence-electron chi connectivity index (χ1n) is 8.27. The summed E-state index contributed by atoms with van der Waals surface area (Å²) >= 11 is 1.59. The molecule has 0 aromatic rings. The molecular weight excluding hydrogens is 352 g/mol. The second kappa shape index (κ2) is 8.98. The zero-order valence-electron chi connectivity index (χ0n) is 15.1. The maximum atomic E-state index is 11.8. The van der Waals surface area contributed by atoms with Crippen molar-refractivity contribution >= 4 is 17.7 Å². The number of aliphatic hydroxyl groups is 4. The molecule has 1 aliphatic rings. The SMILES string of the molecule is C[C@H]1C([C@H](O)[C@H](O)CO)O[C@@](OCCSC(C)(C)C)(C(=O)O)C[C@H]1O. The lowest BCUT2D eigenvalue weighted by Gasteiger charge is -2.45. The molecule has 1 heterocycles. The monoisotopic (exact) mass is 382 g/mol. The summed E-state index contributed by atoms with van der Waals surface area (Å²) in [5.41, 5.74) is 0. The maximum Gasteiger partial charge on any atom is 0.364 e. The molecule has 148 valence electrons. The fraction of sp³-hybridized carbons (Fsp3) is 0.938. The number of hydrogen-bond acceptors (Lipinski definition) is 8. The van der Waals surface area contributed by atoms with E-state index in [-0.39, 0.29) is 17.8 Å². The van der Waals surface area contributed by atoms with Crippen LogP contribution in [-0.4, -0.2) is 85.4 Å². The Morgan fingerprint density at radius 1 is 1.40 bits per heavy atom. The largest absolute Gasteiger partial charge is 0.477 e. The second-order valence-electron chi connectivity index (χ2n) is 7.32. The molecule has 1 aliphatic heterocycles. The van der Waals surface area contributed by atoms with E-state index >= 15 is 0 Å². The molecule has 25 heavy (non-hydrogen) atoms. The van der Waals surface area contributed by atoms with Gasteiger partial charge in [-0.2, -0.15) is 11.8 Å². The molecule has 0 amide bonds. The van der Waals surface area contributed by atoms with Gasteiger partial charge in [0.2, 0.25) is 0 Å². The van der Waals surface area contributed by atoms with Crippen molar-refractivity contribution in [1.29, 1.82) is 0 Å². The number of rotatable bonds is 8. The van der Waals surface area contributed by atoms with Crippen LogP contribution >= 0.6 is 11.8 Å². The van der Waals surface area contributed by atoms with Crippen LogP contribution in [0.25, 0.3) is 0 Å². The van der Waals surface area contributed by atoms with E-state index in [2.05, 4.69) is 0 Å². The average molecular weight is 382 g/mol. The van der Waals surface area contributed by atoms with Gasteiger partial charge >= 0.3 is 5.97 Å². The number of aliphatic hydroxyl groups excluding tert-OH is 4. The molecule has 9 heteroatoms. The van der Waals surface area contributed by atoms with Gasteiger partial charge in [0.15, 0.2) is 0 Å². The lowest BCUT2D eigenvalue weighted by molar-refractivity contribution is -0.316. The molecular formula is C16H30O8S.